The van der Waals surface area contributed by atoms with Crippen molar-refractivity contribution in [2.75, 3.05) is 36.2 Å². The average molecular weight is 367 g/mol. The molecule has 0 fully saturated rings. The number of aliphatic hydroxyl groups is 2. The van der Waals surface area contributed by atoms with Gasteiger partial charge >= 0.3 is 11.9 Å². The minimum absolute atomic E-state index is 0.156. The van der Waals surface area contributed by atoms with E-state index in [1.807, 2.05) is 0 Å². The van der Waals surface area contributed by atoms with Gasteiger partial charge in [-0.1, -0.05) is 21.6 Å². The molecular formula is C10H22O6S4. The highest BCUT2D eigenvalue weighted by molar-refractivity contribution is 8.76. The molecule has 0 aliphatic heterocycles. The monoisotopic (exact) mass is 366 g/mol. The van der Waals surface area contributed by atoms with Crippen LogP contribution in [-0.2, 0) is 9.59 Å². The largest absolute Gasteiger partial charge is 0.481 e. The molecule has 0 amide bonds. The Hall–Kier alpha value is 0.260. The number of thiol groups is 2. The highest BCUT2D eigenvalue weighted by Gasteiger charge is 1.88. The Morgan fingerprint density at radius 3 is 1.20 bits per heavy atom. The Bertz CT molecular complexity index is 196. The molecule has 0 aliphatic rings. The van der Waals surface area contributed by atoms with E-state index in [-0.39, 0.29) is 26.1 Å². The first-order chi connectivity index (χ1) is 9.45. The highest BCUT2D eigenvalue weighted by Crippen LogP contribution is 2.18. The zero-order chi connectivity index (χ0) is 16.2. The van der Waals surface area contributed by atoms with Gasteiger partial charge in [0.1, 0.15) is 0 Å². The topological polar surface area (TPSA) is 115 Å². The summed E-state index contributed by atoms with van der Waals surface area (Å²) in [5.41, 5.74) is 0. The number of rotatable bonds is 9. The summed E-state index contributed by atoms with van der Waals surface area (Å²) >= 11 is 7.36. The lowest BCUT2D eigenvalue weighted by atomic mass is 10.5. The van der Waals surface area contributed by atoms with E-state index in [9.17, 15) is 9.59 Å². The van der Waals surface area contributed by atoms with Crippen LogP contribution in [-0.4, -0.2) is 68.6 Å². The number of carbonyl (C=O) groups is 2. The number of hydrogen-bond donors (Lipinski definition) is 6. The Kier molecular flexibility index (Phi) is 30.6. The van der Waals surface area contributed by atoms with Crippen molar-refractivity contribution in [3.8, 4) is 0 Å². The summed E-state index contributed by atoms with van der Waals surface area (Å²) in [6, 6.07) is 0. The smallest absolute Gasteiger partial charge is 0.304 e. The van der Waals surface area contributed by atoms with Crippen LogP contribution < -0.4 is 0 Å². The van der Waals surface area contributed by atoms with E-state index >= 15 is 0 Å². The number of carboxylic acids is 2. The van der Waals surface area contributed by atoms with Gasteiger partial charge in [-0.3, -0.25) is 9.59 Å². The van der Waals surface area contributed by atoms with Gasteiger partial charge in [-0.15, -0.1) is 0 Å². The number of carboxylic acid groups (broad SMARTS) is 2. The molecule has 0 unspecified atom stereocenters. The maximum absolute atomic E-state index is 9.55. The molecule has 0 saturated heterocycles. The van der Waals surface area contributed by atoms with Crippen LogP contribution in [0.1, 0.15) is 12.8 Å². The number of hydrogen-bond acceptors (Lipinski definition) is 8. The van der Waals surface area contributed by atoms with Gasteiger partial charge in [-0.25, -0.2) is 0 Å². The van der Waals surface area contributed by atoms with Gasteiger partial charge in [-0.05, 0) is 0 Å². The van der Waals surface area contributed by atoms with Gasteiger partial charge in [0, 0.05) is 23.0 Å². The zero-order valence-electron chi connectivity index (χ0n) is 11.0. The van der Waals surface area contributed by atoms with Crippen LogP contribution in [0, 0.1) is 0 Å². The van der Waals surface area contributed by atoms with Gasteiger partial charge < -0.3 is 20.4 Å². The van der Waals surface area contributed by atoms with Crippen LogP contribution in [0.5, 0.6) is 0 Å². The lowest BCUT2D eigenvalue weighted by Crippen LogP contribution is -1.93. The van der Waals surface area contributed by atoms with E-state index in [1.165, 1.54) is 0 Å². The van der Waals surface area contributed by atoms with Gasteiger partial charge in [0.05, 0.1) is 26.1 Å². The zero-order valence-corrected chi connectivity index (χ0v) is 14.4. The number of aliphatic carboxylic acids is 2. The van der Waals surface area contributed by atoms with Crippen molar-refractivity contribution in [3.05, 3.63) is 0 Å². The van der Waals surface area contributed by atoms with Crippen LogP contribution >= 0.6 is 46.8 Å². The molecule has 0 bridgehead atoms. The van der Waals surface area contributed by atoms with E-state index in [0.717, 1.165) is 11.5 Å². The Morgan fingerprint density at radius 2 is 1.10 bits per heavy atom. The fourth-order valence-corrected chi connectivity index (χ4v) is 2.31. The summed E-state index contributed by atoms with van der Waals surface area (Å²) < 4.78 is 0. The van der Waals surface area contributed by atoms with E-state index in [4.69, 9.17) is 20.4 Å². The summed E-state index contributed by atoms with van der Waals surface area (Å²) in [6.07, 6.45) is 0.312. The predicted octanol–water partition coefficient (Wildman–Crippen LogP) is 1.13. The molecule has 0 spiro atoms. The van der Waals surface area contributed by atoms with Crippen LogP contribution in [0.4, 0.5) is 0 Å². The molecule has 122 valence electrons. The summed E-state index contributed by atoms with van der Waals surface area (Å²) in [6.45, 7) is 0.451. The fourth-order valence-electron chi connectivity index (χ4n) is 0.384. The van der Waals surface area contributed by atoms with Crippen molar-refractivity contribution in [1.29, 1.82) is 0 Å². The third-order valence-electron chi connectivity index (χ3n) is 1.08. The molecule has 0 heterocycles. The van der Waals surface area contributed by atoms with Crippen molar-refractivity contribution in [1.82, 2.24) is 0 Å². The molecule has 4 N–H and O–H groups in total. The Balaban J connectivity index is -0.000000221. The predicted molar refractivity (Wildman–Crippen MR) is 91.3 cm³/mol. The molecular weight excluding hydrogens is 344 g/mol. The molecule has 0 aromatic heterocycles. The Morgan fingerprint density at radius 1 is 0.800 bits per heavy atom. The molecule has 0 aromatic carbocycles. The molecule has 0 saturated carbocycles. The van der Waals surface area contributed by atoms with Crippen molar-refractivity contribution in [2.45, 2.75) is 12.8 Å². The molecule has 10 heteroatoms. The third-order valence-corrected chi connectivity index (χ3v) is 3.90. The van der Waals surface area contributed by atoms with Crippen LogP contribution in [0.2, 0.25) is 0 Å². The van der Waals surface area contributed by atoms with E-state index in [1.54, 1.807) is 21.6 Å². The number of aliphatic hydroxyl groups excluding tert-OH is 2. The first-order valence-corrected chi connectivity index (χ1v) is 9.32. The van der Waals surface area contributed by atoms with E-state index in [2.05, 4.69) is 25.3 Å². The van der Waals surface area contributed by atoms with E-state index in [0.29, 0.717) is 11.5 Å². The lowest BCUT2D eigenvalue weighted by molar-refractivity contribution is -0.137. The minimum atomic E-state index is -0.787. The maximum atomic E-state index is 9.55. The SMILES string of the molecule is O=C(O)CCS.O=C(O)CCS.OCCSSCCO. The van der Waals surface area contributed by atoms with Gasteiger partial charge in [-0.2, -0.15) is 25.3 Å². The second kappa shape index (κ2) is 24.3. The van der Waals surface area contributed by atoms with Crippen molar-refractivity contribution < 1.29 is 30.0 Å². The molecule has 0 aliphatic carbocycles. The van der Waals surface area contributed by atoms with Crippen molar-refractivity contribution in [3.63, 3.8) is 0 Å². The van der Waals surface area contributed by atoms with Gasteiger partial charge in [0.15, 0.2) is 0 Å². The fraction of sp³-hybridized carbons (Fsp3) is 0.800. The summed E-state index contributed by atoms with van der Waals surface area (Å²) in [5, 5.41) is 32.3. The molecule has 20 heavy (non-hydrogen) atoms. The highest BCUT2D eigenvalue weighted by atomic mass is 33.1. The molecule has 0 atom stereocenters. The van der Waals surface area contributed by atoms with Crippen LogP contribution in [0.15, 0.2) is 0 Å². The molecule has 6 nitrogen and oxygen atoms in total. The lowest BCUT2D eigenvalue weighted by Gasteiger charge is -1.93. The summed E-state index contributed by atoms with van der Waals surface area (Å²) in [7, 11) is 3.17. The van der Waals surface area contributed by atoms with Crippen molar-refractivity contribution >= 4 is 58.8 Å². The second-order valence-corrected chi connectivity index (χ2v) is 6.42. The Labute approximate surface area is 137 Å². The first-order valence-electron chi connectivity index (χ1n) is 5.57. The van der Waals surface area contributed by atoms with Crippen LogP contribution in [0.25, 0.3) is 0 Å². The van der Waals surface area contributed by atoms with Crippen LogP contribution in [0.3, 0.4) is 0 Å². The normalized spacial score (nSPS) is 8.80. The third kappa shape index (κ3) is 42.9. The molecule has 0 rings (SSSR count). The van der Waals surface area contributed by atoms with E-state index < -0.39 is 11.9 Å². The summed E-state index contributed by atoms with van der Waals surface area (Å²) in [4.78, 5) is 19.1. The maximum Gasteiger partial charge on any atom is 0.304 e. The second-order valence-electron chi connectivity index (χ2n) is 2.83. The van der Waals surface area contributed by atoms with Crippen molar-refractivity contribution in [2.24, 2.45) is 0 Å². The van der Waals surface area contributed by atoms with Gasteiger partial charge in [0.25, 0.3) is 0 Å². The first kappa shape index (κ1) is 25.2. The molecule has 0 radical (unpaired) electrons. The van der Waals surface area contributed by atoms with Gasteiger partial charge in [0.2, 0.25) is 0 Å². The standard InChI is InChI=1S/C4H10O2S2.2C3H6O2S/c5-1-3-7-8-4-2-6;2*4-3(5)1-2-6/h5-6H,1-4H2;2*6H,1-2H2,(H,4,5). The average Bonchev–Trinajstić information content (AvgIpc) is 2.36. The summed E-state index contributed by atoms with van der Waals surface area (Å²) in [5.74, 6) is 0.787. The quantitative estimate of drug-likeness (QED) is 0.204. The molecule has 0 aromatic rings. The minimum Gasteiger partial charge on any atom is -0.481 e.